The second kappa shape index (κ2) is 4.09. The van der Waals surface area contributed by atoms with Crippen molar-refractivity contribution in [1.82, 2.24) is 0 Å². The van der Waals surface area contributed by atoms with Crippen molar-refractivity contribution in [2.24, 2.45) is 11.8 Å². The summed E-state index contributed by atoms with van der Waals surface area (Å²) in [6, 6.07) is 6.75. The van der Waals surface area contributed by atoms with Crippen molar-refractivity contribution >= 4 is 23.0 Å². The molecule has 2 fully saturated rings. The van der Waals surface area contributed by atoms with E-state index < -0.39 is 0 Å². The number of fused-ring (bicyclic) bond motifs is 1. The Morgan fingerprint density at radius 1 is 1.29 bits per heavy atom. The molecule has 2 saturated carbocycles. The van der Waals surface area contributed by atoms with Crippen molar-refractivity contribution in [3.63, 3.8) is 0 Å². The Balaban J connectivity index is 1.82. The second-order valence-electron chi connectivity index (χ2n) is 5.54. The minimum absolute atomic E-state index is 0.664. The van der Waals surface area contributed by atoms with Crippen LogP contribution in [0.4, 0.5) is 11.4 Å². The van der Waals surface area contributed by atoms with Gasteiger partial charge in [0.2, 0.25) is 0 Å². The molecule has 1 aromatic rings. The van der Waals surface area contributed by atoms with Gasteiger partial charge in [0.05, 0.1) is 11.4 Å². The van der Waals surface area contributed by atoms with E-state index >= 15 is 0 Å². The van der Waals surface area contributed by atoms with E-state index in [1.165, 1.54) is 30.6 Å². The van der Waals surface area contributed by atoms with Crippen molar-refractivity contribution in [1.29, 1.82) is 0 Å². The molecule has 0 bridgehead atoms. The van der Waals surface area contributed by atoms with Crippen molar-refractivity contribution in [3.05, 3.63) is 23.2 Å². The molecular formula is C14H19ClN2. The third-order valence-electron chi connectivity index (χ3n) is 4.12. The number of halogens is 1. The van der Waals surface area contributed by atoms with Crippen LogP contribution >= 0.6 is 11.6 Å². The molecule has 0 radical (unpaired) electrons. The lowest BCUT2D eigenvalue weighted by molar-refractivity contribution is 0.654. The maximum atomic E-state index is 6.10. The summed E-state index contributed by atoms with van der Waals surface area (Å²) in [7, 11) is 4.14. The van der Waals surface area contributed by atoms with E-state index in [-0.39, 0.29) is 0 Å². The smallest absolute Gasteiger partial charge is 0.0597 e. The van der Waals surface area contributed by atoms with E-state index in [1.54, 1.807) is 0 Å². The summed E-state index contributed by atoms with van der Waals surface area (Å²) in [5.41, 5.74) is 2.40. The van der Waals surface area contributed by atoms with E-state index in [1.807, 2.05) is 12.1 Å². The predicted octanol–water partition coefficient (Wildman–Crippen LogP) is 3.62. The van der Waals surface area contributed by atoms with Crippen molar-refractivity contribution in [2.75, 3.05) is 24.3 Å². The van der Waals surface area contributed by atoms with Crippen molar-refractivity contribution in [3.8, 4) is 0 Å². The number of nitrogens with one attached hydrogen (secondary N) is 1. The van der Waals surface area contributed by atoms with Gasteiger partial charge in [-0.15, -0.1) is 0 Å². The molecule has 2 nitrogen and oxygen atoms in total. The number of nitrogens with zero attached hydrogens (tertiary/aromatic N) is 1. The average molecular weight is 251 g/mol. The fraction of sp³-hybridized carbons (Fsp3) is 0.571. The highest BCUT2D eigenvalue weighted by atomic mass is 35.5. The zero-order valence-corrected chi connectivity index (χ0v) is 11.2. The number of anilines is 2. The molecule has 0 saturated heterocycles. The quantitative estimate of drug-likeness (QED) is 0.882. The number of hydrogen-bond donors (Lipinski definition) is 1. The lowest BCUT2D eigenvalue weighted by Crippen LogP contribution is -2.21. The monoisotopic (exact) mass is 250 g/mol. The van der Waals surface area contributed by atoms with Crippen LogP contribution in [-0.4, -0.2) is 20.1 Å². The molecule has 2 aliphatic rings. The van der Waals surface area contributed by atoms with Gasteiger partial charge in [0.15, 0.2) is 0 Å². The molecule has 17 heavy (non-hydrogen) atoms. The first kappa shape index (κ1) is 11.2. The van der Waals surface area contributed by atoms with E-state index in [0.29, 0.717) is 6.04 Å². The van der Waals surface area contributed by atoms with Crippen LogP contribution in [-0.2, 0) is 0 Å². The molecule has 1 aromatic carbocycles. The Morgan fingerprint density at radius 3 is 2.71 bits per heavy atom. The Morgan fingerprint density at radius 2 is 2.12 bits per heavy atom. The molecule has 0 amide bonds. The predicted molar refractivity (Wildman–Crippen MR) is 74.0 cm³/mol. The molecule has 0 aliphatic heterocycles. The Bertz CT molecular complexity index is 430. The van der Waals surface area contributed by atoms with Crippen LogP contribution in [0.2, 0.25) is 5.02 Å². The molecule has 0 aromatic heterocycles. The maximum Gasteiger partial charge on any atom is 0.0597 e. The number of hydrogen-bond acceptors (Lipinski definition) is 2. The Kier molecular flexibility index (Phi) is 2.70. The van der Waals surface area contributed by atoms with Crippen LogP contribution in [0.25, 0.3) is 0 Å². The standard InChI is InChI=1S/C14H19ClN2/c1-17(2)14-6-4-10(15)8-13(14)16-12-5-3-9-7-11(9)12/h4,6,8-9,11-12,16H,3,5,7H2,1-2H3. The van der Waals surface area contributed by atoms with Crippen LogP contribution in [0.15, 0.2) is 18.2 Å². The highest BCUT2D eigenvalue weighted by Crippen LogP contribution is 2.53. The topological polar surface area (TPSA) is 15.3 Å². The molecule has 3 heteroatoms. The number of benzene rings is 1. The second-order valence-corrected chi connectivity index (χ2v) is 5.98. The van der Waals surface area contributed by atoms with Gasteiger partial charge >= 0.3 is 0 Å². The highest BCUT2D eigenvalue weighted by Gasteiger charge is 2.48. The van der Waals surface area contributed by atoms with Gasteiger partial charge < -0.3 is 10.2 Å². The molecule has 0 heterocycles. The summed E-state index contributed by atoms with van der Waals surface area (Å²) < 4.78 is 0. The van der Waals surface area contributed by atoms with Gasteiger partial charge in [-0.25, -0.2) is 0 Å². The zero-order valence-electron chi connectivity index (χ0n) is 10.4. The van der Waals surface area contributed by atoms with Gasteiger partial charge in [0.25, 0.3) is 0 Å². The molecule has 3 atom stereocenters. The molecule has 3 rings (SSSR count). The molecule has 1 N–H and O–H groups in total. The maximum absolute atomic E-state index is 6.10. The Labute approximate surface area is 108 Å². The van der Waals surface area contributed by atoms with Crippen LogP contribution < -0.4 is 10.2 Å². The molecule has 92 valence electrons. The summed E-state index contributed by atoms with van der Waals surface area (Å²) in [5.74, 6) is 1.93. The van der Waals surface area contributed by atoms with Crippen LogP contribution in [0, 0.1) is 11.8 Å². The van der Waals surface area contributed by atoms with Gasteiger partial charge in [0, 0.05) is 25.2 Å². The fourth-order valence-corrected chi connectivity index (χ4v) is 3.27. The molecule has 0 spiro atoms. The lowest BCUT2D eigenvalue weighted by Gasteiger charge is -2.22. The van der Waals surface area contributed by atoms with Gasteiger partial charge in [-0.1, -0.05) is 11.6 Å². The third kappa shape index (κ3) is 2.11. The van der Waals surface area contributed by atoms with E-state index in [4.69, 9.17) is 11.6 Å². The molecular weight excluding hydrogens is 232 g/mol. The minimum atomic E-state index is 0.664. The van der Waals surface area contributed by atoms with Crippen LogP contribution in [0.3, 0.4) is 0 Å². The van der Waals surface area contributed by atoms with E-state index in [2.05, 4.69) is 30.4 Å². The first-order valence-corrected chi connectivity index (χ1v) is 6.76. The zero-order chi connectivity index (χ0) is 12.0. The summed E-state index contributed by atoms with van der Waals surface area (Å²) in [6.07, 6.45) is 4.14. The van der Waals surface area contributed by atoms with E-state index in [0.717, 1.165) is 16.9 Å². The van der Waals surface area contributed by atoms with Crippen molar-refractivity contribution < 1.29 is 0 Å². The molecule has 3 unspecified atom stereocenters. The van der Waals surface area contributed by atoms with Gasteiger partial charge in [-0.2, -0.15) is 0 Å². The summed E-state index contributed by atoms with van der Waals surface area (Å²) in [6.45, 7) is 0. The van der Waals surface area contributed by atoms with Gasteiger partial charge in [-0.05, 0) is 49.3 Å². The van der Waals surface area contributed by atoms with Crippen LogP contribution in [0.1, 0.15) is 19.3 Å². The summed E-state index contributed by atoms with van der Waals surface area (Å²) >= 11 is 6.10. The van der Waals surface area contributed by atoms with Crippen LogP contribution in [0.5, 0.6) is 0 Å². The fourth-order valence-electron chi connectivity index (χ4n) is 3.10. The Hall–Kier alpha value is -0.890. The first-order chi connectivity index (χ1) is 8.15. The SMILES string of the molecule is CN(C)c1ccc(Cl)cc1NC1CCC2CC21. The van der Waals surface area contributed by atoms with E-state index in [9.17, 15) is 0 Å². The van der Waals surface area contributed by atoms with Gasteiger partial charge in [-0.3, -0.25) is 0 Å². The number of rotatable bonds is 3. The first-order valence-electron chi connectivity index (χ1n) is 6.38. The largest absolute Gasteiger partial charge is 0.380 e. The summed E-state index contributed by atoms with van der Waals surface area (Å²) in [5, 5.41) is 4.51. The molecule has 2 aliphatic carbocycles. The third-order valence-corrected chi connectivity index (χ3v) is 4.36. The van der Waals surface area contributed by atoms with Gasteiger partial charge in [0.1, 0.15) is 0 Å². The average Bonchev–Trinajstić information content (AvgIpc) is 2.95. The lowest BCUT2D eigenvalue weighted by atomic mass is 10.1. The van der Waals surface area contributed by atoms with Crippen molar-refractivity contribution in [2.45, 2.75) is 25.3 Å². The highest BCUT2D eigenvalue weighted by molar-refractivity contribution is 6.31. The summed E-state index contributed by atoms with van der Waals surface area (Å²) in [4.78, 5) is 2.14. The minimum Gasteiger partial charge on any atom is -0.380 e. The normalized spacial score (nSPS) is 29.9.